The van der Waals surface area contributed by atoms with Crippen LogP contribution in [0, 0.1) is 0 Å². The average molecular weight is 184 g/mol. The van der Waals surface area contributed by atoms with Gasteiger partial charge in [0, 0.05) is 0 Å². The first-order valence-electron chi connectivity index (χ1n) is 2.22. The summed E-state index contributed by atoms with van der Waals surface area (Å²) in [5.74, 6) is -0.817. The molecule has 1 aliphatic rings. The van der Waals surface area contributed by atoms with Crippen molar-refractivity contribution in [2.24, 2.45) is 0 Å². The Bertz CT molecular complexity index is 145. The Morgan fingerprint density at radius 2 is 1.70 bits per heavy atom. The van der Waals surface area contributed by atoms with Gasteiger partial charge in [0.05, 0.1) is 6.10 Å². The van der Waals surface area contributed by atoms with E-state index in [4.69, 9.17) is 9.79 Å². The summed E-state index contributed by atoms with van der Waals surface area (Å²) in [5, 5.41) is 0. The van der Waals surface area contributed by atoms with E-state index in [9.17, 15) is 4.57 Å². The van der Waals surface area contributed by atoms with Crippen LogP contribution in [0.3, 0.4) is 0 Å². The van der Waals surface area contributed by atoms with Crippen molar-refractivity contribution >= 4 is 7.60 Å². The molecule has 0 radical (unpaired) electrons. The molecule has 4 nitrogen and oxygen atoms in total. The predicted octanol–water partition coefficient (Wildman–Crippen LogP) is -6.08. The molecule has 1 fully saturated rings. The van der Waals surface area contributed by atoms with Crippen molar-refractivity contribution in [2.75, 3.05) is 0 Å². The van der Waals surface area contributed by atoms with Gasteiger partial charge in [0.25, 0.3) is 0 Å². The Kier molecular flexibility index (Phi) is 7.27. The van der Waals surface area contributed by atoms with Crippen molar-refractivity contribution in [2.45, 2.75) is 18.9 Å². The first kappa shape index (κ1) is 14.6. The average Bonchev–Trinajstić information content (AvgIpc) is 2.13. The molecule has 0 unspecified atom stereocenters. The first-order valence-corrected chi connectivity index (χ1v) is 3.90. The maximum absolute atomic E-state index is 10.2. The molecule has 1 rings (SSSR count). The van der Waals surface area contributed by atoms with Crippen molar-refractivity contribution in [1.82, 2.24) is 0 Å². The maximum Gasteiger partial charge on any atom is 1.00 e. The van der Waals surface area contributed by atoms with Gasteiger partial charge in [0.2, 0.25) is 0 Å². The van der Waals surface area contributed by atoms with E-state index in [0.717, 1.165) is 0 Å². The number of hydrogen-bond donors (Lipinski definition) is 2. The quantitative estimate of drug-likeness (QED) is 0.242. The molecule has 1 heterocycles. The van der Waals surface area contributed by atoms with Crippen LogP contribution in [0.15, 0.2) is 0 Å². The fourth-order valence-corrected chi connectivity index (χ4v) is 1.42. The van der Waals surface area contributed by atoms with E-state index in [0.29, 0.717) is 0 Å². The summed E-state index contributed by atoms with van der Waals surface area (Å²) in [6.45, 7) is 1.63. The van der Waals surface area contributed by atoms with Crippen molar-refractivity contribution in [3.8, 4) is 0 Å². The molecule has 0 saturated carbocycles. The molecule has 0 aromatic carbocycles. The van der Waals surface area contributed by atoms with E-state index >= 15 is 0 Å². The van der Waals surface area contributed by atoms with Crippen molar-refractivity contribution in [3.63, 3.8) is 0 Å². The van der Waals surface area contributed by atoms with Gasteiger partial charge in [-0.2, -0.15) is 0 Å². The second-order valence-electron chi connectivity index (χ2n) is 1.82. The summed E-state index contributed by atoms with van der Waals surface area (Å²) < 4.78 is 14.7. The van der Waals surface area contributed by atoms with Gasteiger partial charge in [-0.3, -0.25) is 4.57 Å². The maximum atomic E-state index is 10.2. The third-order valence-electron chi connectivity index (χ3n) is 1.01. The molecule has 0 spiro atoms. The molecule has 10 heavy (non-hydrogen) atoms. The van der Waals surface area contributed by atoms with Gasteiger partial charge in [-0.05, 0) is 6.92 Å². The fourth-order valence-electron chi connectivity index (χ4n) is 0.527. The molecule has 1 saturated heterocycles. The summed E-state index contributed by atoms with van der Waals surface area (Å²) in [5.41, 5.74) is 0. The third kappa shape index (κ3) is 4.21. The predicted molar refractivity (Wildman–Crippen MR) is 26.4 cm³/mol. The topological polar surface area (TPSA) is 70.1 Å². The zero-order valence-corrected chi connectivity index (χ0v) is 11.2. The summed E-state index contributed by atoms with van der Waals surface area (Å²) in [6.07, 6.45) is -0.254. The summed E-state index contributed by atoms with van der Waals surface area (Å²) in [4.78, 5) is 16.6. The second kappa shape index (κ2) is 4.97. The van der Waals surface area contributed by atoms with Crippen molar-refractivity contribution in [3.05, 3.63) is 0 Å². The number of hydrogen-bond acceptors (Lipinski definition) is 2. The van der Waals surface area contributed by atoms with Crippen molar-refractivity contribution in [1.29, 1.82) is 0 Å². The Morgan fingerprint density at radius 3 is 1.70 bits per heavy atom. The van der Waals surface area contributed by atoms with Crippen LogP contribution in [0.5, 0.6) is 0 Å². The Hall–Kier alpha value is 2.11. The van der Waals surface area contributed by atoms with Gasteiger partial charge < -0.3 is 14.5 Å². The number of rotatable bonds is 1. The summed E-state index contributed by atoms with van der Waals surface area (Å²) in [7, 11) is -3.90. The number of ether oxygens (including phenoxy) is 1. The van der Waals surface area contributed by atoms with Gasteiger partial charge in [0.15, 0.2) is 5.85 Å². The Balaban J connectivity index is 0. The van der Waals surface area contributed by atoms with Gasteiger partial charge in [0.1, 0.15) is 0 Å². The van der Waals surface area contributed by atoms with E-state index in [1.807, 2.05) is 0 Å². The van der Waals surface area contributed by atoms with Crippen LogP contribution >= 0.6 is 7.60 Å². The van der Waals surface area contributed by atoms with Gasteiger partial charge in [-0.15, -0.1) is 0 Å². The fraction of sp³-hybridized carbons (Fsp3) is 1.00. The van der Waals surface area contributed by atoms with E-state index in [1.165, 1.54) is 0 Å². The molecular weight excluding hydrogens is 177 g/mol. The normalized spacial score (nSPS) is 29.9. The molecule has 48 valence electrons. The molecule has 2 N–H and O–H groups in total. The van der Waals surface area contributed by atoms with E-state index in [2.05, 4.69) is 4.74 Å². The molecule has 0 aromatic heterocycles. The van der Waals surface area contributed by atoms with Gasteiger partial charge in [-0.25, -0.2) is 0 Å². The van der Waals surface area contributed by atoms with Crippen molar-refractivity contribution < 1.29 is 78.2 Å². The van der Waals surface area contributed by atoms with Crippen LogP contribution in [0.25, 0.3) is 0 Å². The van der Waals surface area contributed by atoms with Crippen LogP contribution in [0.4, 0.5) is 0 Å². The molecule has 7 heteroatoms. The van der Waals surface area contributed by atoms with Crippen LogP contribution in [0.1, 0.15) is 6.92 Å². The molecule has 1 aliphatic heterocycles. The van der Waals surface area contributed by atoms with Crippen LogP contribution < -0.4 is 59.1 Å². The Morgan fingerprint density at radius 1 is 1.40 bits per heavy atom. The molecular formula is C3H7Na2O4P+2. The van der Waals surface area contributed by atoms with Gasteiger partial charge >= 0.3 is 66.7 Å². The van der Waals surface area contributed by atoms with Crippen LogP contribution in [-0.4, -0.2) is 21.7 Å². The Labute approximate surface area is 103 Å². The number of epoxide rings is 1. The monoisotopic (exact) mass is 184 g/mol. The zero-order chi connectivity index (χ0) is 6.36. The third-order valence-corrected chi connectivity index (χ3v) is 2.22. The van der Waals surface area contributed by atoms with Crippen LogP contribution in [0.2, 0.25) is 0 Å². The van der Waals surface area contributed by atoms with E-state index in [1.54, 1.807) is 6.92 Å². The van der Waals surface area contributed by atoms with Gasteiger partial charge in [-0.1, -0.05) is 0 Å². The molecule has 0 aliphatic carbocycles. The smallest absolute Gasteiger partial charge is 0.356 e. The minimum absolute atomic E-state index is 0. The molecule has 0 bridgehead atoms. The summed E-state index contributed by atoms with van der Waals surface area (Å²) in [6, 6.07) is 0. The standard InChI is InChI=1S/C3H7O4P.2Na/c1-2-3(7-2)8(4,5)6;;/h2-3H,1H3,(H2,4,5,6);;/q;2*+1/t2-,3+;;/m0../s1. The summed E-state index contributed by atoms with van der Waals surface area (Å²) >= 11 is 0. The molecule has 2 atom stereocenters. The van der Waals surface area contributed by atoms with E-state index < -0.39 is 13.4 Å². The molecule has 0 aromatic rings. The van der Waals surface area contributed by atoms with E-state index in [-0.39, 0.29) is 65.2 Å². The second-order valence-corrected chi connectivity index (χ2v) is 3.51. The largest absolute Gasteiger partial charge is 1.00 e. The molecule has 0 amide bonds. The van der Waals surface area contributed by atoms with Crippen LogP contribution in [-0.2, 0) is 9.30 Å². The first-order chi connectivity index (χ1) is 3.52. The minimum Gasteiger partial charge on any atom is -0.356 e. The zero-order valence-electron chi connectivity index (χ0n) is 6.31. The SMILES string of the molecule is C[C@@H]1O[C@@H]1P(=O)(O)O.[Na+].[Na+]. The minimum atomic E-state index is -3.90.